The average molecular weight is 508 g/mol. The van der Waals surface area contributed by atoms with Crippen molar-refractivity contribution in [2.45, 2.75) is 25.2 Å². The number of amides is 1. The molecule has 188 valence electrons. The van der Waals surface area contributed by atoms with Crippen LogP contribution in [0.5, 0.6) is 5.75 Å². The molecule has 0 aliphatic rings. The molecule has 0 saturated carbocycles. The number of para-hydroxylation sites is 1. The van der Waals surface area contributed by atoms with Gasteiger partial charge in [0.2, 0.25) is 0 Å². The van der Waals surface area contributed by atoms with Gasteiger partial charge in [-0.25, -0.2) is 9.07 Å². The fourth-order valence-electron chi connectivity index (χ4n) is 4.09. The van der Waals surface area contributed by atoms with Crippen LogP contribution in [0.4, 0.5) is 17.6 Å². The Kier molecular flexibility index (Phi) is 6.24. The number of nitrogens with zero attached hydrogens (tertiary/aromatic N) is 3. The molecular weight excluding hydrogens is 488 g/mol. The van der Waals surface area contributed by atoms with Gasteiger partial charge in [0.1, 0.15) is 17.7 Å². The second-order valence-electron chi connectivity index (χ2n) is 8.51. The predicted molar refractivity (Wildman–Crippen MR) is 130 cm³/mol. The molecule has 10 heteroatoms. The first-order valence-corrected chi connectivity index (χ1v) is 11.3. The quantitative estimate of drug-likeness (QED) is 0.290. The second kappa shape index (κ2) is 9.53. The van der Waals surface area contributed by atoms with Crippen molar-refractivity contribution < 1.29 is 27.1 Å². The van der Waals surface area contributed by atoms with E-state index in [1.807, 2.05) is 29.6 Å². The predicted octanol–water partition coefficient (Wildman–Crippen LogP) is 5.90. The van der Waals surface area contributed by atoms with Crippen LogP contribution in [-0.4, -0.2) is 32.9 Å². The zero-order chi connectivity index (χ0) is 26.2. The highest BCUT2D eigenvalue weighted by Crippen LogP contribution is 2.30. The maximum absolute atomic E-state index is 13.3. The van der Waals surface area contributed by atoms with E-state index in [0.717, 1.165) is 10.9 Å². The molecule has 0 bridgehead atoms. The Hall–Kier alpha value is -4.47. The van der Waals surface area contributed by atoms with E-state index in [2.05, 4.69) is 10.1 Å². The van der Waals surface area contributed by atoms with Gasteiger partial charge in [-0.2, -0.15) is 18.3 Å². The van der Waals surface area contributed by atoms with Crippen LogP contribution in [0.3, 0.4) is 0 Å². The summed E-state index contributed by atoms with van der Waals surface area (Å²) in [5.74, 6) is -2.06. The Bertz CT molecular complexity index is 1580. The van der Waals surface area contributed by atoms with Gasteiger partial charge in [-0.1, -0.05) is 18.2 Å². The molecule has 6 nitrogen and oxygen atoms in total. The Labute approximate surface area is 208 Å². The largest absolute Gasteiger partial charge is 0.484 e. The number of carbonyl (C=O) groups excluding carboxylic acids is 1. The fourth-order valence-corrected chi connectivity index (χ4v) is 4.09. The van der Waals surface area contributed by atoms with Crippen molar-refractivity contribution in [1.29, 1.82) is 0 Å². The Morgan fingerprint density at radius 1 is 0.973 bits per heavy atom. The van der Waals surface area contributed by atoms with Crippen molar-refractivity contribution in [3.8, 4) is 11.4 Å². The van der Waals surface area contributed by atoms with E-state index in [-0.39, 0.29) is 5.82 Å². The smallest absolute Gasteiger partial charge is 0.471 e. The van der Waals surface area contributed by atoms with Crippen LogP contribution >= 0.6 is 0 Å². The lowest BCUT2D eigenvalue weighted by molar-refractivity contribution is -0.174. The Morgan fingerprint density at radius 3 is 2.49 bits per heavy atom. The van der Waals surface area contributed by atoms with Crippen molar-refractivity contribution >= 4 is 27.7 Å². The standard InChI is InChI=1S/C27H20F4N4O2/c1-16(34-26(36)27(29,30)31)25(19-12-17-4-2-3-5-23(17)32-14-19)37-22-10-11-24-18(13-22)15-33-35(24)21-8-6-20(28)7-9-21/h2-16,25H,1H3,(H,34,36). The van der Waals surface area contributed by atoms with Crippen LogP contribution in [0.15, 0.2) is 85.2 Å². The van der Waals surface area contributed by atoms with Crippen LogP contribution in [0.1, 0.15) is 18.6 Å². The molecule has 0 fully saturated rings. The zero-order valence-electron chi connectivity index (χ0n) is 19.4. The molecule has 5 rings (SSSR count). The minimum atomic E-state index is -5.03. The van der Waals surface area contributed by atoms with Gasteiger partial charge in [0.15, 0.2) is 0 Å². The molecule has 0 saturated heterocycles. The third-order valence-corrected chi connectivity index (χ3v) is 5.88. The molecule has 5 aromatic rings. The summed E-state index contributed by atoms with van der Waals surface area (Å²) >= 11 is 0. The summed E-state index contributed by atoms with van der Waals surface area (Å²) in [5, 5.41) is 7.82. The number of halogens is 4. The highest BCUT2D eigenvalue weighted by atomic mass is 19.4. The van der Waals surface area contributed by atoms with E-state index >= 15 is 0 Å². The topological polar surface area (TPSA) is 69.0 Å². The first kappa shape index (κ1) is 24.2. The number of benzene rings is 3. The third kappa shape index (κ3) is 5.09. The Morgan fingerprint density at radius 2 is 1.73 bits per heavy atom. The van der Waals surface area contributed by atoms with Crippen LogP contribution in [0, 0.1) is 5.82 Å². The zero-order valence-corrected chi connectivity index (χ0v) is 19.4. The van der Waals surface area contributed by atoms with Crippen LogP contribution in [0.25, 0.3) is 27.5 Å². The first-order valence-electron chi connectivity index (χ1n) is 11.3. The number of alkyl halides is 3. The van der Waals surface area contributed by atoms with Crippen molar-refractivity contribution in [2.24, 2.45) is 0 Å². The number of nitrogens with one attached hydrogen (secondary N) is 1. The highest BCUT2D eigenvalue weighted by molar-refractivity contribution is 5.83. The number of aromatic nitrogens is 3. The fraction of sp³-hybridized carbons (Fsp3) is 0.148. The minimum Gasteiger partial charge on any atom is -0.484 e. The SMILES string of the molecule is CC(NC(=O)C(F)(F)F)C(Oc1ccc2c(cnn2-c2ccc(F)cc2)c1)c1cnc2ccccc2c1. The molecule has 0 aliphatic heterocycles. The van der Waals surface area contributed by atoms with Crippen molar-refractivity contribution in [3.05, 3.63) is 96.6 Å². The lowest BCUT2D eigenvalue weighted by atomic mass is 10.0. The molecule has 0 aliphatic carbocycles. The van der Waals surface area contributed by atoms with Gasteiger partial charge in [0.25, 0.3) is 0 Å². The summed E-state index contributed by atoms with van der Waals surface area (Å²) in [4.78, 5) is 16.1. The van der Waals surface area contributed by atoms with Gasteiger partial charge in [-0.05, 0) is 61.5 Å². The lowest BCUT2D eigenvalue weighted by Crippen LogP contribution is -2.45. The monoisotopic (exact) mass is 508 g/mol. The summed E-state index contributed by atoms with van der Waals surface area (Å²) < 4.78 is 60.0. The Balaban J connectivity index is 1.49. The minimum absolute atomic E-state index is 0.359. The van der Waals surface area contributed by atoms with Crippen molar-refractivity contribution in [2.75, 3.05) is 0 Å². The molecule has 37 heavy (non-hydrogen) atoms. The molecule has 0 spiro atoms. The molecule has 1 amide bonds. The van der Waals surface area contributed by atoms with Crippen LogP contribution in [-0.2, 0) is 4.79 Å². The third-order valence-electron chi connectivity index (χ3n) is 5.88. The highest BCUT2D eigenvalue weighted by Gasteiger charge is 2.40. The van der Waals surface area contributed by atoms with Gasteiger partial charge in [-0.3, -0.25) is 9.78 Å². The van der Waals surface area contributed by atoms with E-state index in [4.69, 9.17) is 4.74 Å². The molecule has 1 N–H and O–H groups in total. The normalized spacial score (nSPS) is 13.4. The molecule has 2 aromatic heterocycles. The van der Waals surface area contributed by atoms with Crippen molar-refractivity contribution in [1.82, 2.24) is 20.1 Å². The first-order chi connectivity index (χ1) is 17.7. The van der Waals surface area contributed by atoms with E-state index < -0.39 is 24.2 Å². The van der Waals surface area contributed by atoms with Gasteiger partial charge in [0.05, 0.1) is 29.0 Å². The second-order valence-corrected chi connectivity index (χ2v) is 8.51. The summed E-state index contributed by atoms with van der Waals surface area (Å²) in [5.41, 5.74) is 2.59. The molecule has 3 aromatic carbocycles. The number of rotatable bonds is 6. The number of hydrogen-bond donors (Lipinski definition) is 1. The van der Waals surface area contributed by atoms with E-state index in [0.29, 0.717) is 27.9 Å². The number of ether oxygens (including phenoxy) is 1. The van der Waals surface area contributed by atoms with Gasteiger partial charge in [0, 0.05) is 22.5 Å². The van der Waals surface area contributed by atoms with E-state index in [1.54, 1.807) is 47.3 Å². The van der Waals surface area contributed by atoms with Gasteiger partial charge < -0.3 is 10.1 Å². The lowest BCUT2D eigenvalue weighted by Gasteiger charge is -2.27. The number of pyridine rings is 1. The molecule has 0 radical (unpaired) electrons. The maximum Gasteiger partial charge on any atom is 0.471 e. The summed E-state index contributed by atoms with van der Waals surface area (Å²) in [6.45, 7) is 1.44. The van der Waals surface area contributed by atoms with Gasteiger partial charge >= 0.3 is 12.1 Å². The molecule has 2 heterocycles. The number of fused-ring (bicyclic) bond motifs is 2. The average Bonchev–Trinajstić information content (AvgIpc) is 3.30. The summed E-state index contributed by atoms with van der Waals surface area (Å²) in [6.07, 6.45) is -2.89. The van der Waals surface area contributed by atoms with Gasteiger partial charge in [-0.15, -0.1) is 0 Å². The van der Waals surface area contributed by atoms with E-state index in [1.165, 1.54) is 25.3 Å². The summed E-state index contributed by atoms with van der Waals surface area (Å²) in [6, 6.07) is 19.0. The maximum atomic E-state index is 13.3. The van der Waals surface area contributed by atoms with Crippen molar-refractivity contribution in [3.63, 3.8) is 0 Å². The van der Waals surface area contributed by atoms with E-state index in [9.17, 15) is 22.4 Å². The summed E-state index contributed by atoms with van der Waals surface area (Å²) in [7, 11) is 0. The van der Waals surface area contributed by atoms with Crippen LogP contribution < -0.4 is 10.1 Å². The number of carbonyl (C=O) groups is 1. The van der Waals surface area contributed by atoms with Crippen LogP contribution in [0.2, 0.25) is 0 Å². The number of hydrogen-bond acceptors (Lipinski definition) is 4. The molecule has 2 unspecified atom stereocenters. The molecule has 2 atom stereocenters. The molecular formula is C27H20F4N4O2.